The number of nitrogens with zero attached hydrogens (tertiary/aromatic N) is 5. The van der Waals surface area contributed by atoms with Gasteiger partial charge in [0.2, 0.25) is 0 Å². The van der Waals surface area contributed by atoms with E-state index in [1.165, 1.54) is 48.5 Å². The highest BCUT2D eigenvalue weighted by Gasteiger charge is 2.22. The molecule has 0 bridgehead atoms. The van der Waals surface area contributed by atoms with Crippen LogP contribution in [0.25, 0.3) is 0 Å². The molecule has 0 saturated carbocycles. The van der Waals surface area contributed by atoms with E-state index < -0.39 is 23.6 Å². The minimum absolute atomic E-state index is 0.0378. The second-order valence-electron chi connectivity index (χ2n) is 18.3. The predicted octanol–water partition coefficient (Wildman–Crippen LogP) is 8.01. The Kier molecular flexibility index (Phi) is 18.4. The van der Waals surface area contributed by atoms with Crippen molar-refractivity contribution in [3.63, 3.8) is 0 Å². The molecule has 368 valence electrons. The van der Waals surface area contributed by atoms with Crippen molar-refractivity contribution in [2.75, 3.05) is 65.8 Å². The number of carbonyl (C=O) groups is 4. The zero-order valence-electron chi connectivity index (χ0n) is 40.8. The molecule has 0 aromatic carbocycles. The number of ether oxygens (including phenoxy) is 5. The number of hydrogen-bond donors (Lipinski definition) is 6. The van der Waals surface area contributed by atoms with E-state index in [9.17, 15) is 19.2 Å². The Bertz CT molecular complexity index is 2440. The summed E-state index contributed by atoms with van der Waals surface area (Å²) in [4.78, 5) is 76.9. The van der Waals surface area contributed by atoms with E-state index in [4.69, 9.17) is 35.2 Å². The van der Waals surface area contributed by atoms with Gasteiger partial charge in [0.05, 0.1) is 33.0 Å². The van der Waals surface area contributed by atoms with Gasteiger partial charge in [0.1, 0.15) is 86.4 Å². The normalized spacial score (nSPS) is 11.2. The van der Waals surface area contributed by atoms with E-state index in [0.29, 0.717) is 24.7 Å². The van der Waals surface area contributed by atoms with Crippen molar-refractivity contribution in [1.29, 1.82) is 0 Å². The Morgan fingerprint density at radius 3 is 0.826 bits per heavy atom. The van der Waals surface area contributed by atoms with Crippen LogP contribution in [-0.2, 0) is 0 Å². The fraction of sp³-hybridized carbons (Fsp3) is 0.408. The molecule has 0 fully saturated rings. The molecule has 0 unspecified atom stereocenters. The summed E-state index contributed by atoms with van der Waals surface area (Å²) in [5, 5.41) is 10.8. The van der Waals surface area contributed by atoms with Crippen molar-refractivity contribution >= 4 is 58.5 Å². The van der Waals surface area contributed by atoms with Crippen molar-refractivity contribution in [2.45, 2.75) is 69.2 Å². The Morgan fingerprint density at radius 2 is 0.580 bits per heavy atom. The van der Waals surface area contributed by atoms with Crippen LogP contribution in [0.4, 0.5) is 34.9 Å². The van der Waals surface area contributed by atoms with Crippen LogP contribution in [0.2, 0.25) is 0 Å². The smallest absolute Gasteiger partial charge is 0.275 e. The second kappa shape index (κ2) is 24.3. The molecule has 0 saturated heterocycles. The van der Waals surface area contributed by atoms with Gasteiger partial charge in [0.25, 0.3) is 23.6 Å². The lowest BCUT2D eigenvalue weighted by Crippen LogP contribution is -2.21. The Morgan fingerprint density at radius 1 is 0.362 bits per heavy atom. The van der Waals surface area contributed by atoms with Gasteiger partial charge in [-0.25, -0.2) is 24.9 Å². The van der Waals surface area contributed by atoms with Crippen molar-refractivity contribution in [2.24, 2.45) is 29.6 Å². The summed E-state index contributed by atoms with van der Waals surface area (Å²) in [6.07, 6.45) is 0. The highest BCUT2D eigenvalue weighted by Crippen LogP contribution is 2.26. The number of aromatic nitrogens is 5. The number of pyridine rings is 5. The second-order valence-corrected chi connectivity index (χ2v) is 18.3. The third-order valence-electron chi connectivity index (χ3n) is 8.85. The van der Waals surface area contributed by atoms with Crippen LogP contribution in [0.15, 0.2) is 60.7 Å². The van der Waals surface area contributed by atoms with Crippen LogP contribution in [0, 0.1) is 29.6 Å². The monoisotopic (exact) mass is 949 g/mol. The van der Waals surface area contributed by atoms with Crippen LogP contribution in [0.5, 0.6) is 28.7 Å². The summed E-state index contributed by atoms with van der Waals surface area (Å²) in [6.45, 7) is 21.4. The molecule has 20 heteroatoms. The number of carbonyl (C=O) groups excluding carboxylic acids is 4. The van der Waals surface area contributed by atoms with Crippen molar-refractivity contribution in [3.05, 3.63) is 83.4 Å². The number of rotatable bonds is 23. The molecule has 0 aliphatic carbocycles. The molecule has 20 nitrogen and oxygen atoms in total. The summed E-state index contributed by atoms with van der Waals surface area (Å²) in [5.74, 6) is -0.222. The van der Waals surface area contributed by atoms with Crippen LogP contribution in [0.3, 0.4) is 0 Å². The fourth-order valence-electron chi connectivity index (χ4n) is 5.74. The van der Waals surface area contributed by atoms with E-state index in [1.807, 2.05) is 69.2 Å². The summed E-state index contributed by atoms with van der Waals surface area (Å²) < 4.78 is 29.5. The first-order valence-electron chi connectivity index (χ1n) is 22.7. The highest BCUT2D eigenvalue weighted by atomic mass is 16.5. The van der Waals surface area contributed by atoms with E-state index >= 15 is 0 Å². The molecular formula is C49H63N11O9. The van der Waals surface area contributed by atoms with Gasteiger partial charge in [0.15, 0.2) is 0 Å². The van der Waals surface area contributed by atoms with Crippen molar-refractivity contribution in [3.8, 4) is 28.7 Å². The first-order valence-corrected chi connectivity index (χ1v) is 22.7. The topological polar surface area (TPSA) is 279 Å². The third kappa shape index (κ3) is 17.1. The van der Waals surface area contributed by atoms with Gasteiger partial charge in [-0.05, 0) is 29.6 Å². The number of anilines is 6. The minimum atomic E-state index is -0.767. The average Bonchev–Trinajstić information content (AvgIpc) is 3.27. The van der Waals surface area contributed by atoms with E-state index in [-0.39, 0.29) is 124 Å². The molecule has 5 rings (SSSR count). The zero-order chi connectivity index (χ0) is 50.4. The number of amides is 4. The van der Waals surface area contributed by atoms with Gasteiger partial charge >= 0.3 is 0 Å². The first kappa shape index (κ1) is 52.2. The van der Waals surface area contributed by atoms with Crippen LogP contribution >= 0.6 is 0 Å². The number of nitrogens with two attached hydrogens (primary N) is 2. The van der Waals surface area contributed by atoms with Crippen molar-refractivity contribution in [1.82, 2.24) is 24.9 Å². The molecule has 5 aromatic rings. The van der Waals surface area contributed by atoms with Gasteiger partial charge in [-0.2, -0.15) is 0 Å². The molecule has 4 amide bonds. The summed E-state index contributed by atoms with van der Waals surface area (Å²) >= 11 is 0. The zero-order valence-corrected chi connectivity index (χ0v) is 40.8. The molecular weight excluding hydrogens is 887 g/mol. The fourth-order valence-corrected chi connectivity index (χ4v) is 5.74. The van der Waals surface area contributed by atoms with Crippen LogP contribution in [0.1, 0.15) is 111 Å². The van der Waals surface area contributed by atoms with Gasteiger partial charge in [-0.15, -0.1) is 0 Å². The van der Waals surface area contributed by atoms with Crippen LogP contribution < -0.4 is 56.4 Å². The lowest BCUT2D eigenvalue weighted by atomic mass is 10.2. The maximum atomic E-state index is 14.0. The maximum absolute atomic E-state index is 14.0. The van der Waals surface area contributed by atoms with Crippen molar-refractivity contribution < 1.29 is 42.9 Å². The predicted molar refractivity (Wildman–Crippen MR) is 263 cm³/mol. The van der Waals surface area contributed by atoms with E-state index in [0.717, 1.165) is 0 Å². The summed E-state index contributed by atoms with van der Waals surface area (Å²) in [5.41, 5.74) is 11.3. The molecule has 5 aromatic heterocycles. The Balaban J connectivity index is 1.43. The van der Waals surface area contributed by atoms with E-state index in [1.54, 1.807) is 12.1 Å². The molecule has 0 spiro atoms. The molecule has 0 aliphatic heterocycles. The quantitative estimate of drug-likeness (QED) is 0.0362. The van der Waals surface area contributed by atoms with Gasteiger partial charge < -0.3 is 56.4 Å². The third-order valence-corrected chi connectivity index (χ3v) is 8.85. The minimum Gasteiger partial charge on any atom is -0.493 e. The van der Waals surface area contributed by atoms with Gasteiger partial charge in [0, 0.05) is 60.7 Å². The number of nitrogens with one attached hydrogen (secondary N) is 4. The average molecular weight is 950 g/mol. The van der Waals surface area contributed by atoms with Gasteiger partial charge in [-0.3, -0.25) is 19.2 Å². The number of hydrogen-bond acceptors (Lipinski definition) is 16. The first-order chi connectivity index (χ1) is 32.7. The lowest BCUT2D eigenvalue weighted by Gasteiger charge is -2.15. The molecule has 8 N–H and O–H groups in total. The lowest BCUT2D eigenvalue weighted by molar-refractivity contribution is 0.0997. The highest BCUT2D eigenvalue weighted by molar-refractivity contribution is 6.08. The molecule has 69 heavy (non-hydrogen) atoms. The van der Waals surface area contributed by atoms with E-state index in [2.05, 4.69) is 46.2 Å². The summed E-state index contributed by atoms with van der Waals surface area (Å²) in [7, 11) is 0. The molecule has 5 heterocycles. The van der Waals surface area contributed by atoms with Gasteiger partial charge in [-0.1, -0.05) is 69.2 Å². The molecule has 0 atom stereocenters. The SMILES string of the molecule is CC(C)COc1cc(N)nc(NC(=O)c2cc(OCC(C)C)cc(C(=O)Nc3cc(OCC(C)C)cc(NC(=O)c4cc(OCC(C)C)cc(C(=O)Nc5cc(OCC(C)C)cc(N)n5)n4)n3)n2)c1. The molecule has 0 aliphatic rings. The summed E-state index contributed by atoms with van der Waals surface area (Å²) in [6, 6.07) is 14.7. The molecule has 0 radical (unpaired) electrons. The maximum Gasteiger partial charge on any atom is 0.275 e. The Hall–Kier alpha value is -7.77. The largest absolute Gasteiger partial charge is 0.493 e. The van der Waals surface area contributed by atoms with Crippen LogP contribution in [-0.4, -0.2) is 81.6 Å². The number of nitrogen functional groups attached to an aromatic ring is 2. The standard InChI is InChI=1S/C49H63N11O9/c1-26(2)21-65-31-11-36(46(61)57-42-17-33(15-40(50)54-42)67-23-28(5)6)52-38(13-31)48(63)59-44-19-35(69-25-30(9)10)20-45(56-44)60-49(64)39-14-32(66-22-27(3)4)12-37(53-39)47(62)58-43-18-34(16-41(51)55-43)68-24-29(7)8/h11-20,26-30H,21-25H2,1-10H3,(H3,50,54,57,61)(H3,51,55,58,62)(H2,56,59,60,63,64). The Labute approximate surface area is 402 Å².